The Hall–Kier alpha value is -3.07. The molecule has 2 aromatic heterocycles. The van der Waals surface area contributed by atoms with E-state index in [1.807, 2.05) is 0 Å². The maximum Gasteiger partial charge on any atom is 0.338 e. The van der Waals surface area contributed by atoms with E-state index in [9.17, 15) is 14.4 Å². The number of fused-ring (bicyclic) bond motifs is 1. The number of carbonyl (C=O) groups is 2. The second-order valence-electron chi connectivity index (χ2n) is 6.55. The van der Waals surface area contributed by atoms with Crippen LogP contribution in [0.5, 0.6) is 0 Å². The van der Waals surface area contributed by atoms with Gasteiger partial charge in [0.2, 0.25) is 10.9 Å². The van der Waals surface area contributed by atoms with Gasteiger partial charge in [0.05, 0.1) is 11.3 Å². The molecule has 4 rings (SSSR count). The zero-order valence-corrected chi connectivity index (χ0v) is 16.0. The van der Waals surface area contributed by atoms with Crippen molar-refractivity contribution in [3.05, 3.63) is 57.0 Å². The molecule has 1 saturated carbocycles. The van der Waals surface area contributed by atoms with Crippen LogP contribution in [-0.4, -0.2) is 26.5 Å². The fourth-order valence-corrected chi connectivity index (χ4v) is 3.69. The molecule has 8 nitrogen and oxygen atoms in total. The summed E-state index contributed by atoms with van der Waals surface area (Å²) in [5.74, 6) is -0.188. The fourth-order valence-electron chi connectivity index (χ4n) is 2.60. The van der Waals surface area contributed by atoms with Crippen molar-refractivity contribution in [1.29, 1.82) is 0 Å². The van der Waals surface area contributed by atoms with Gasteiger partial charge in [0.1, 0.15) is 11.6 Å². The Balaban J connectivity index is 1.42. The Morgan fingerprint density at radius 1 is 1.29 bits per heavy atom. The number of hydrogen-bond acceptors (Lipinski definition) is 7. The predicted octanol–water partition coefficient (Wildman–Crippen LogP) is 2.73. The molecule has 0 saturated heterocycles. The van der Waals surface area contributed by atoms with Crippen LogP contribution in [0.3, 0.4) is 0 Å². The van der Waals surface area contributed by atoms with Gasteiger partial charge in [0, 0.05) is 24.1 Å². The molecule has 0 spiro atoms. The summed E-state index contributed by atoms with van der Waals surface area (Å²) in [5, 5.41) is 7.95. The van der Waals surface area contributed by atoms with Gasteiger partial charge >= 0.3 is 5.97 Å². The fraction of sp³-hybridized carbons (Fsp3) is 0.316. The number of anilines is 1. The van der Waals surface area contributed by atoms with Gasteiger partial charge in [-0.3, -0.25) is 9.59 Å². The smallest absolute Gasteiger partial charge is 0.338 e. The molecule has 0 radical (unpaired) electrons. The lowest BCUT2D eigenvalue weighted by Gasteiger charge is -2.06. The standard InChI is InChI=1S/C19H18N4O4S/c1-2-15(24)20-13-7-5-12(6-8-13)18(26)27-10-14-9-16(25)23-19(21-14)28-17(22-23)11-3-4-11/h5-9,11H,2-4,10H2,1H3,(H,20,24). The van der Waals surface area contributed by atoms with E-state index in [1.165, 1.54) is 21.9 Å². The van der Waals surface area contributed by atoms with Crippen molar-refractivity contribution in [2.24, 2.45) is 0 Å². The molecule has 0 atom stereocenters. The summed E-state index contributed by atoms with van der Waals surface area (Å²) in [4.78, 5) is 40.7. The molecule has 28 heavy (non-hydrogen) atoms. The minimum atomic E-state index is -0.529. The lowest BCUT2D eigenvalue weighted by Crippen LogP contribution is -2.16. The second kappa shape index (κ2) is 7.51. The van der Waals surface area contributed by atoms with Crippen molar-refractivity contribution >= 4 is 33.9 Å². The molecule has 1 aliphatic rings. The highest BCUT2D eigenvalue weighted by Crippen LogP contribution is 2.41. The van der Waals surface area contributed by atoms with E-state index in [4.69, 9.17) is 4.74 Å². The average molecular weight is 398 g/mol. The monoisotopic (exact) mass is 398 g/mol. The summed E-state index contributed by atoms with van der Waals surface area (Å²) in [5.41, 5.74) is 1.06. The van der Waals surface area contributed by atoms with Crippen LogP contribution < -0.4 is 10.9 Å². The lowest BCUT2D eigenvalue weighted by atomic mass is 10.2. The van der Waals surface area contributed by atoms with E-state index in [2.05, 4.69) is 15.4 Å². The van der Waals surface area contributed by atoms with Crippen LogP contribution in [0.4, 0.5) is 5.69 Å². The number of amides is 1. The SMILES string of the molecule is CCC(=O)Nc1ccc(C(=O)OCc2cc(=O)n3nc(C4CC4)sc3n2)cc1. The van der Waals surface area contributed by atoms with Gasteiger partial charge < -0.3 is 10.1 Å². The van der Waals surface area contributed by atoms with Crippen LogP contribution in [0, 0.1) is 0 Å². The third-order valence-electron chi connectivity index (χ3n) is 4.32. The summed E-state index contributed by atoms with van der Waals surface area (Å²) in [6.45, 7) is 1.66. The van der Waals surface area contributed by atoms with Crippen LogP contribution in [-0.2, 0) is 16.1 Å². The van der Waals surface area contributed by atoms with Crippen LogP contribution in [0.2, 0.25) is 0 Å². The van der Waals surface area contributed by atoms with Gasteiger partial charge in [-0.25, -0.2) is 9.78 Å². The molecular formula is C19H18N4O4S. The number of carbonyl (C=O) groups excluding carboxylic acids is 2. The molecule has 1 N–H and O–H groups in total. The topological polar surface area (TPSA) is 103 Å². The number of rotatable bonds is 6. The quantitative estimate of drug-likeness (QED) is 0.641. The third-order valence-corrected chi connectivity index (χ3v) is 5.39. The minimum Gasteiger partial charge on any atom is -0.456 e. The van der Waals surface area contributed by atoms with E-state index >= 15 is 0 Å². The van der Waals surface area contributed by atoms with Gasteiger partial charge in [-0.05, 0) is 37.1 Å². The van der Waals surface area contributed by atoms with Crippen molar-refractivity contribution in [3.63, 3.8) is 0 Å². The van der Waals surface area contributed by atoms with Gasteiger partial charge in [-0.2, -0.15) is 9.61 Å². The largest absolute Gasteiger partial charge is 0.456 e. The number of nitrogens with one attached hydrogen (secondary N) is 1. The Bertz CT molecular complexity index is 1100. The summed E-state index contributed by atoms with van der Waals surface area (Å²) in [7, 11) is 0. The first kappa shape index (κ1) is 18.3. The van der Waals surface area contributed by atoms with Crippen molar-refractivity contribution < 1.29 is 14.3 Å². The molecule has 0 bridgehead atoms. The molecule has 0 unspecified atom stereocenters. The molecule has 2 heterocycles. The summed E-state index contributed by atoms with van der Waals surface area (Å²) in [6.07, 6.45) is 2.57. The maximum absolute atomic E-state index is 12.2. The van der Waals surface area contributed by atoms with Crippen LogP contribution >= 0.6 is 11.3 Å². The number of hydrogen-bond donors (Lipinski definition) is 1. The van der Waals surface area contributed by atoms with Gasteiger partial charge in [0.15, 0.2) is 0 Å². The van der Waals surface area contributed by atoms with Crippen molar-refractivity contribution in [2.75, 3.05) is 5.32 Å². The Morgan fingerprint density at radius 3 is 2.71 bits per heavy atom. The Kier molecular flexibility index (Phi) is 4.91. The minimum absolute atomic E-state index is 0.101. The highest BCUT2D eigenvalue weighted by molar-refractivity contribution is 7.16. The first-order valence-electron chi connectivity index (χ1n) is 9.00. The molecule has 1 aromatic carbocycles. The summed E-state index contributed by atoms with van der Waals surface area (Å²) >= 11 is 1.40. The number of ether oxygens (including phenoxy) is 1. The van der Waals surface area contributed by atoms with Crippen LogP contribution in [0.1, 0.15) is 53.2 Å². The van der Waals surface area contributed by atoms with E-state index in [0.717, 1.165) is 17.8 Å². The van der Waals surface area contributed by atoms with E-state index in [-0.39, 0.29) is 18.1 Å². The summed E-state index contributed by atoms with van der Waals surface area (Å²) < 4.78 is 6.57. The molecule has 0 aliphatic heterocycles. The first-order valence-corrected chi connectivity index (χ1v) is 9.82. The molecular weight excluding hydrogens is 380 g/mol. The number of benzene rings is 1. The third kappa shape index (κ3) is 3.94. The second-order valence-corrected chi connectivity index (χ2v) is 7.54. The van der Waals surface area contributed by atoms with Crippen LogP contribution in [0.15, 0.2) is 35.1 Å². The summed E-state index contributed by atoms with van der Waals surface area (Å²) in [6, 6.07) is 7.75. The molecule has 144 valence electrons. The van der Waals surface area contributed by atoms with Crippen molar-refractivity contribution in [1.82, 2.24) is 14.6 Å². The highest BCUT2D eigenvalue weighted by atomic mass is 32.1. The average Bonchev–Trinajstić information content (AvgIpc) is 3.46. The van der Waals surface area contributed by atoms with Gasteiger partial charge in [0.25, 0.3) is 5.56 Å². The lowest BCUT2D eigenvalue weighted by molar-refractivity contribution is -0.115. The molecule has 1 aliphatic carbocycles. The molecule has 1 fully saturated rings. The van der Waals surface area contributed by atoms with Crippen molar-refractivity contribution in [3.8, 4) is 0 Å². The zero-order chi connectivity index (χ0) is 19.7. The first-order chi connectivity index (χ1) is 13.5. The van der Waals surface area contributed by atoms with Gasteiger partial charge in [-0.1, -0.05) is 18.3 Å². The number of esters is 1. The zero-order valence-electron chi connectivity index (χ0n) is 15.2. The Morgan fingerprint density at radius 2 is 2.04 bits per heavy atom. The number of nitrogens with zero attached hydrogens (tertiary/aromatic N) is 3. The molecule has 3 aromatic rings. The van der Waals surface area contributed by atoms with E-state index in [0.29, 0.717) is 34.2 Å². The Labute approximate surface area is 164 Å². The molecule has 1 amide bonds. The van der Waals surface area contributed by atoms with E-state index < -0.39 is 5.97 Å². The normalized spacial score (nSPS) is 13.5. The highest BCUT2D eigenvalue weighted by Gasteiger charge is 2.28. The predicted molar refractivity (Wildman–Crippen MR) is 104 cm³/mol. The number of aromatic nitrogens is 3. The maximum atomic E-state index is 12.2. The van der Waals surface area contributed by atoms with Crippen molar-refractivity contribution in [2.45, 2.75) is 38.7 Å². The van der Waals surface area contributed by atoms with E-state index in [1.54, 1.807) is 31.2 Å². The van der Waals surface area contributed by atoms with Gasteiger partial charge in [-0.15, -0.1) is 0 Å². The van der Waals surface area contributed by atoms with Crippen LogP contribution in [0.25, 0.3) is 4.96 Å². The molecule has 9 heteroatoms.